The average Bonchev–Trinajstić information content (AvgIpc) is 2.28. The molecule has 2 aromatic rings. The number of nitrogens with one attached hydrogen (secondary N) is 1. The fraction of sp³-hybridized carbons (Fsp3) is 0.273. The number of nitrogens with zero attached hydrogens (tertiary/aromatic N) is 2. The van der Waals surface area contributed by atoms with Gasteiger partial charge in [-0.2, -0.15) is 5.10 Å². The van der Waals surface area contributed by atoms with Gasteiger partial charge in [-0.15, -0.1) is 5.10 Å². The molecule has 5 heteroatoms. The Kier molecular flexibility index (Phi) is 2.94. The van der Waals surface area contributed by atoms with Crippen LogP contribution in [0.1, 0.15) is 5.69 Å². The summed E-state index contributed by atoms with van der Waals surface area (Å²) in [6, 6.07) is 7.46. The van der Waals surface area contributed by atoms with Gasteiger partial charge in [-0.05, 0) is 6.92 Å². The lowest BCUT2D eigenvalue weighted by atomic mass is 10.1. The highest BCUT2D eigenvalue weighted by atomic mass is 19.3. The molecule has 0 aliphatic heterocycles. The largest absolute Gasteiger partial charge is 0.362 e. The highest BCUT2D eigenvalue weighted by molar-refractivity contribution is 5.92. The molecular formula is C11H11F2N3. The van der Waals surface area contributed by atoms with Crippen LogP contribution in [0.3, 0.4) is 0 Å². The van der Waals surface area contributed by atoms with Gasteiger partial charge in [0.25, 0.3) is 6.43 Å². The van der Waals surface area contributed by atoms with Crippen molar-refractivity contribution in [2.45, 2.75) is 13.3 Å². The Balaban J connectivity index is 2.42. The van der Waals surface area contributed by atoms with Crippen molar-refractivity contribution in [1.29, 1.82) is 0 Å². The Morgan fingerprint density at radius 3 is 2.56 bits per heavy atom. The summed E-state index contributed by atoms with van der Waals surface area (Å²) >= 11 is 0. The fourth-order valence-electron chi connectivity index (χ4n) is 1.54. The third kappa shape index (κ3) is 2.08. The van der Waals surface area contributed by atoms with E-state index in [1.807, 2.05) is 31.2 Å². The van der Waals surface area contributed by atoms with Gasteiger partial charge < -0.3 is 5.32 Å². The Morgan fingerprint density at radius 2 is 1.88 bits per heavy atom. The van der Waals surface area contributed by atoms with Gasteiger partial charge in [0.05, 0.1) is 12.2 Å². The van der Waals surface area contributed by atoms with Crippen LogP contribution in [0.25, 0.3) is 10.8 Å². The summed E-state index contributed by atoms with van der Waals surface area (Å²) < 4.78 is 24.2. The quantitative estimate of drug-likeness (QED) is 0.869. The molecule has 0 fully saturated rings. The first-order valence-electron chi connectivity index (χ1n) is 4.92. The molecule has 3 nitrogen and oxygen atoms in total. The molecule has 0 unspecified atom stereocenters. The van der Waals surface area contributed by atoms with Crippen LogP contribution in [-0.4, -0.2) is 23.2 Å². The van der Waals surface area contributed by atoms with Crippen molar-refractivity contribution >= 4 is 16.6 Å². The highest BCUT2D eigenvalue weighted by Gasteiger charge is 2.08. The predicted molar refractivity (Wildman–Crippen MR) is 58.8 cm³/mol. The zero-order chi connectivity index (χ0) is 11.5. The maximum Gasteiger partial charge on any atom is 0.255 e. The number of aromatic nitrogens is 2. The van der Waals surface area contributed by atoms with Gasteiger partial charge in [-0.3, -0.25) is 0 Å². The molecule has 0 spiro atoms. The summed E-state index contributed by atoms with van der Waals surface area (Å²) in [5.74, 6) is 0.404. The molecule has 84 valence electrons. The van der Waals surface area contributed by atoms with E-state index in [0.29, 0.717) is 5.82 Å². The lowest BCUT2D eigenvalue weighted by molar-refractivity contribution is 0.163. The number of hydrogen-bond donors (Lipinski definition) is 1. The van der Waals surface area contributed by atoms with Crippen LogP contribution in [0.15, 0.2) is 24.3 Å². The van der Waals surface area contributed by atoms with Crippen LogP contribution in [0.4, 0.5) is 14.6 Å². The number of aryl methyl sites for hydroxylation is 1. The van der Waals surface area contributed by atoms with Crippen LogP contribution in [-0.2, 0) is 0 Å². The first-order chi connectivity index (χ1) is 7.68. The van der Waals surface area contributed by atoms with E-state index >= 15 is 0 Å². The summed E-state index contributed by atoms with van der Waals surface area (Å²) in [6.45, 7) is 1.42. The molecular weight excluding hydrogens is 212 g/mol. The standard InChI is InChI=1S/C11H11F2N3/c1-7-8-4-2-3-5-9(8)11(16-15-7)14-6-10(12)13/h2-5,10H,6H2,1H3,(H,14,16). The molecule has 16 heavy (non-hydrogen) atoms. The van der Waals surface area contributed by atoms with Crippen molar-refractivity contribution in [3.63, 3.8) is 0 Å². The van der Waals surface area contributed by atoms with Gasteiger partial charge >= 0.3 is 0 Å². The number of anilines is 1. The second-order valence-electron chi connectivity index (χ2n) is 3.45. The zero-order valence-corrected chi connectivity index (χ0v) is 8.74. The summed E-state index contributed by atoms with van der Waals surface area (Å²) in [4.78, 5) is 0. The van der Waals surface area contributed by atoms with E-state index in [-0.39, 0.29) is 0 Å². The van der Waals surface area contributed by atoms with Crippen LogP contribution in [0.5, 0.6) is 0 Å². The molecule has 0 bridgehead atoms. The predicted octanol–water partition coefficient (Wildman–Crippen LogP) is 2.62. The Morgan fingerprint density at radius 1 is 1.19 bits per heavy atom. The van der Waals surface area contributed by atoms with Gasteiger partial charge in [0, 0.05) is 10.8 Å². The molecule has 0 saturated heterocycles. The molecule has 1 aromatic carbocycles. The topological polar surface area (TPSA) is 37.8 Å². The molecule has 0 saturated carbocycles. The molecule has 1 N–H and O–H groups in total. The van der Waals surface area contributed by atoms with Gasteiger partial charge in [0.2, 0.25) is 0 Å². The summed E-state index contributed by atoms with van der Waals surface area (Å²) in [5.41, 5.74) is 0.790. The van der Waals surface area contributed by atoms with E-state index < -0.39 is 13.0 Å². The van der Waals surface area contributed by atoms with E-state index in [9.17, 15) is 8.78 Å². The Labute approximate surface area is 91.5 Å². The number of hydrogen-bond acceptors (Lipinski definition) is 3. The van der Waals surface area contributed by atoms with Crippen molar-refractivity contribution in [2.24, 2.45) is 0 Å². The fourth-order valence-corrected chi connectivity index (χ4v) is 1.54. The molecule has 0 amide bonds. The second-order valence-corrected chi connectivity index (χ2v) is 3.45. The van der Waals surface area contributed by atoms with Crippen LogP contribution < -0.4 is 5.32 Å². The minimum atomic E-state index is -2.40. The molecule has 0 radical (unpaired) electrons. The monoisotopic (exact) mass is 223 g/mol. The third-order valence-corrected chi connectivity index (χ3v) is 2.30. The summed E-state index contributed by atoms with van der Waals surface area (Å²) in [6.07, 6.45) is -2.40. The minimum absolute atomic E-state index is 0.404. The van der Waals surface area contributed by atoms with Crippen LogP contribution >= 0.6 is 0 Å². The molecule has 2 rings (SSSR count). The molecule has 1 heterocycles. The molecule has 1 aromatic heterocycles. The van der Waals surface area contributed by atoms with Gasteiger partial charge in [-0.1, -0.05) is 24.3 Å². The normalized spacial score (nSPS) is 11.0. The van der Waals surface area contributed by atoms with Gasteiger partial charge in [0.15, 0.2) is 5.82 Å². The number of halogens is 2. The molecule has 0 aliphatic rings. The first kappa shape index (κ1) is 10.7. The van der Waals surface area contributed by atoms with Gasteiger partial charge in [0.1, 0.15) is 0 Å². The van der Waals surface area contributed by atoms with E-state index in [2.05, 4.69) is 15.5 Å². The van der Waals surface area contributed by atoms with Crippen molar-refractivity contribution in [3.05, 3.63) is 30.0 Å². The second kappa shape index (κ2) is 4.38. The van der Waals surface area contributed by atoms with E-state index in [1.54, 1.807) is 0 Å². The van der Waals surface area contributed by atoms with E-state index in [4.69, 9.17) is 0 Å². The molecule has 0 atom stereocenters. The van der Waals surface area contributed by atoms with Crippen molar-refractivity contribution in [3.8, 4) is 0 Å². The highest BCUT2D eigenvalue weighted by Crippen LogP contribution is 2.22. The van der Waals surface area contributed by atoms with E-state index in [1.165, 1.54) is 0 Å². The Bertz CT molecular complexity index is 500. The van der Waals surface area contributed by atoms with Gasteiger partial charge in [-0.25, -0.2) is 8.78 Å². The zero-order valence-electron chi connectivity index (χ0n) is 8.74. The summed E-state index contributed by atoms with van der Waals surface area (Å²) in [7, 11) is 0. The first-order valence-corrected chi connectivity index (χ1v) is 4.92. The van der Waals surface area contributed by atoms with Crippen LogP contribution in [0, 0.1) is 6.92 Å². The van der Waals surface area contributed by atoms with E-state index in [0.717, 1.165) is 16.5 Å². The van der Waals surface area contributed by atoms with Crippen LogP contribution in [0.2, 0.25) is 0 Å². The van der Waals surface area contributed by atoms with Crippen molar-refractivity contribution in [2.75, 3.05) is 11.9 Å². The lowest BCUT2D eigenvalue weighted by Crippen LogP contribution is -2.12. The maximum atomic E-state index is 12.1. The lowest BCUT2D eigenvalue weighted by Gasteiger charge is -2.08. The number of alkyl halides is 2. The summed E-state index contributed by atoms with van der Waals surface area (Å²) in [5, 5.41) is 12.1. The number of fused-ring (bicyclic) bond motifs is 1. The molecule has 0 aliphatic carbocycles. The minimum Gasteiger partial charge on any atom is -0.362 e. The smallest absolute Gasteiger partial charge is 0.255 e. The third-order valence-electron chi connectivity index (χ3n) is 2.30. The average molecular weight is 223 g/mol. The number of rotatable bonds is 3. The van der Waals surface area contributed by atoms with Crippen molar-refractivity contribution in [1.82, 2.24) is 10.2 Å². The number of benzene rings is 1. The SMILES string of the molecule is Cc1nnc(NCC(F)F)c2ccccc12. The maximum absolute atomic E-state index is 12.1. The Hall–Kier alpha value is -1.78. The van der Waals surface area contributed by atoms with Crippen molar-refractivity contribution < 1.29 is 8.78 Å².